The molecule has 0 aliphatic carbocycles. The Balaban J connectivity index is 1.98. The van der Waals surface area contributed by atoms with Crippen LogP contribution >= 0.6 is 11.6 Å². The summed E-state index contributed by atoms with van der Waals surface area (Å²) < 4.78 is 14.1. The molecule has 0 aliphatic heterocycles. The molecule has 0 bridgehead atoms. The first-order chi connectivity index (χ1) is 16.5. The summed E-state index contributed by atoms with van der Waals surface area (Å²) in [4.78, 5) is 30.7. The lowest BCUT2D eigenvalue weighted by Crippen LogP contribution is -2.16. The normalized spacial score (nSPS) is 11.9. The van der Waals surface area contributed by atoms with Gasteiger partial charge in [0.1, 0.15) is 23.2 Å². The number of aromatic hydroxyl groups is 1. The average molecular weight is 497 g/mol. The summed E-state index contributed by atoms with van der Waals surface area (Å²) in [7, 11) is 0. The van der Waals surface area contributed by atoms with Crippen LogP contribution < -0.4 is 5.73 Å². The molecule has 0 saturated carbocycles. The van der Waals surface area contributed by atoms with E-state index in [4.69, 9.17) is 22.7 Å². The number of imidazole rings is 1. The minimum absolute atomic E-state index is 0.0421. The number of carboxylic acid groups (broad SMARTS) is 2. The molecular formula is C24H18ClFN4O5. The number of rotatable bonds is 7. The minimum Gasteiger partial charge on any atom is -0.507 e. The fraction of sp³-hybridized carbons (Fsp3) is 0.0833. The number of nitrogens with one attached hydrogen (secondary N) is 2. The Bertz CT molecular complexity index is 1500. The summed E-state index contributed by atoms with van der Waals surface area (Å²) in [5, 5.41) is 37.7. The molecule has 0 spiro atoms. The van der Waals surface area contributed by atoms with Crippen molar-refractivity contribution in [1.82, 2.24) is 9.97 Å². The molecule has 35 heavy (non-hydrogen) atoms. The Morgan fingerprint density at radius 2 is 1.83 bits per heavy atom. The zero-order chi connectivity index (χ0) is 25.4. The predicted molar refractivity (Wildman–Crippen MR) is 127 cm³/mol. The second-order valence-corrected chi connectivity index (χ2v) is 8.28. The summed E-state index contributed by atoms with van der Waals surface area (Å²) in [6.45, 7) is 0. The number of benzene rings is 3. The van der Waals surface area contributed by atoms with Crippen molar-refractivity contribution in [3.8, 4) is 28.3 Å². The molecule has 178 valence electrons. The van der Waals surface area contributed by atoms with Gasteiger partial charge >= 0.3 is 11.9 Å². The number of hydrogen-bond donors (Lipinski definition) is 6. The number of fused-ring (bicyclic) bond motifs is 1. The van der Waals surface area contributed by atoms with E-state index in [0.29, 0.717) is 16.6 Å². The number of phenolic OH excluding ortho intramolecular Hbond substituents is 1. The van der Waals surface area contributed by atoms with Crippen molar-refractivity contribution in [2.45, 2.75) is 12.3 Å². The fourth-order valence-electron chi connectivity index (χ4n) is 3.79. The molecule has 11 heteroatoms. The highest BCUT2D eigenvalue weighted by Gasteiger charge is 2.27. The monoisotopic (exact) mass is 496 g/mol. The molecule has 1 unspecified atom stereocenters. The van der Waals surface area contributed by atoms with Crippen LogP contribution in [0.4, 0.5) is 4.39 Å². The SMILES string of the molecule is N=C(N)c1ccc2nc(-c3cc(C(CC(=O)O)C(=O)O)cc(-c4cc(F)cc(Cl)c4)c3O)[nH]c2c1. The van der Waals surface area contributed by atoms with Gasteiger partial charge in [0.25, 0.3) is 0 Å². The minimum atomic E-state index is -1.46. The van der Waals surface area contributed by atoms with Gasteiger partial charge < -0.3 is 26.0 Å². The number of carboxylic acids is 2. The van der Waals surface area contributed by atoms with Crippen molar-refractivity contribution in [1.29, 1.82) is 5.41 Å². The van der Waals surface area contributed by atoms with Crippen molar-refractivity contribution in [3.63, 3.8) is 0 Å². The van der Waals surface area contributed by atoms with E-state index in [9.17, 15) is 29.3 Å². The van der Waals surface area contributed by atoms with Crippen LogP contribution in [0.25, 0.3) is 33.5 Å². The molecule has 1 atom stereocenters. The smallest absolute Gasteiger partial charge is 0.311 e. The number of nitrogen functional groups attached to an aromatic ring is 1. The Kier molecular flexibility index (Phi) is 6.14. The van der Waals surface area contributed by atoms with Crippen molar-refractivity contribution in [2.75, 3.05) is 0 Å². The summed E-state index contributed by atoms with van der Waals surface area (Å²) in [5.41, 5.74) is 7.28. The van der Waals surface area contributed by atoms with Crippen LogP contribution in [-0.2, 0) is 9.59 Å². The molecule has 3 aromatic carbocycles. The van der Waals surface area contributed by atoms with Crippen molar-refractivity contribution >= 4 is 40.4 Å². The zero-order valence-corrected chi connectivity index (χ0v) is 18.6. The topological polar surface area (TPSA) is 173 Å². The number of aromatic nitrogens is 2. The van der Waals surface area contributed by atoms with Crippen LogP contribution in [0.5, 0.6) is 5.75 Å². The number of halogens is 2. The molecule has 4 aromatic rings. The molecule has 0 radical (unpaired) electrons. The summed E-state index contributed by atoms with van der Waals surface area (Å²) in [5.74, 6) is -5.21. The Labute approximate surface area is 202 Å². The highest BCUT2D eigenvalue weighted by Crippen LogP contribution is 2.42. The van der Waals surface area contributed by atoms with E-state index >= 15 is 0 Å². The van der Waals surface area contributed by atoms with Crippen LogP contribution in [0.3, 0.4) is 0 Å². The van der Waals surface area contributed by atoms with Crippen molar-refractivity contribution < 1.29 is 29.3 Å². The van der Waals surface area contributed by atoms with E-state index in [1.165, 1.54) is 18.2 Å². The Morgan fingerprint density at radius 3 is 2.46 bits per heavy atom. The molecule has 1 aromatic heterocycles. The number of nitrogens with zero attached hydrogens (tertiary/aromatic N) is 1. The van der Waals surface area contributed by atoms with E-state index in [1.807, 2.05) is 0 Å². The van der Waals surface area contributed by atoms with Crippen molar-refractivity contribution in [2.24, 2.45) is 5.73 Å². The molecule has 0 fully saturated rings. The number of aliphatic carboxylic acids is 2. The lowest BCUT2D eigenvalue weighted by Gasteiger charge is -2.16. The van der Waals surface area contributed by atoms with E-state index in [1.54, 1.807) is 18.2 Å². The average Bonchev–Trinajstić information content (AvgIpc) is 3.20. The molecule has 7 N–H and O–H groups in total. The van der Waals surface area contributed by atoms with Gasteiger partial charge in [-0.2, -0.15) is 0 Å². The number of H-pyrrole nitrogens is 1. The number of hydrogen-bond acceptors (Lipinski definition) is 5. The van der Waals surface area contributed by atoms with E-state index < -0.39 is 30.1 Å². The zero-order valence-electron chi connectivity index (χ0n) is 17.8. The maximum Gasteiger partial charge on any atom is 0.311 e. The van der Waals surface area contributed by atoms with Gasteiger partial charge in [-0.3, -0.25) is 15.0 Å². The van der Waals surface area contributed by atoms with Gasteiger partial charge in [-0.1, -0.05) is 11.6 Å². The van der Waals surface area contributed by atoms with E-state index in [2.05, 4.69) is 9.97 Å². The molecule has 1 heterocycles. The van der Waals surface area contributed by atoms with Crippen LogP contribution in [0.2, 0.25) is 5.02 Å². The summed E-state index contributed by atoms with van der Waals surface area (Å²) in [6.07, 6.45) is -0.717. The van der Waals surface area contributed by atoms with Gasteiger partial charge in [0.15, 0.2) is 0 Å². The number of nitrogens with two attached hydrogens (primary N) is 1. The number of carbonyl (C=O) groups is 2. The number of phenols is 1. The van der Waals surface area contributed by atoms with Gasteiger partial charge in [0, 0.05) is 16.1 Å². The van der Waals surface area contributed by atoms with Crippen LogP contribution in [-0.4, -0.2) is 43.1 Å². The lowest BCUT2D eigenvalue weighted by atomic mass is 9.89. The van der Waals surface area contributed by atoms with E-state index in [0.717, 1.165) is 12.1 Å². The van der Waals surface area contributed by atoms with Gasteiger partial charge in [-0.15, -0.1) is 0 Å². The molecule has 0 saturated heterocycles. The highest BCUT2D eigenvalue weighted by atomic mass is 35.5. The first-order valence-electron chi connectivity index (χ1n) is 10.2. The number of amidine groups is 1. The van der Waals surface area contributed by atoms with Crippen LogP contribution in [0, 0.1) is 11.2 Å². The second kappa shape index (κ2) is 9.07. The standard InChI is InChI=1S/C24H18ClFN4O5/c25-13-3-11(4-14(26)8-13)15-5-12(16(24(34)35)9-20(31)32)6-17(21(15)33)23-29-18-2-1-10(22(27)28)7-19(18)30-23/h1-8,16,33H,9H2,(H3,27,28)(H,29,30)(H,31,32)(H,34,35). The van der Waals surface area contributed by atoms with Gasteiger partial charge in [-0.25, -0.2) is 9.37 Å². The van der Waals surface area contributed by atoms with Crippen LogP contribution in [0.1, 0.15) is 23.5 Å². The maximum absolute atomic E-state index is 14.1. The molecule has 9 nitrogen and oxygen atoms in total. The summed E-state index contributed by atoms with van der Waals surface area (Å²) in [6, 6.07) is 11.0. The lowest BCUT2D eigenvalue weighted by molar-refractivity contribution is -0.145. The molecular weight excluding hydrogens is 479 g/mol. The molecule has 0 aliphatic rings. The van der Waals surface area contributed by atoms with Gasteiger partial charge in [-0.05, 0) is 59.7 Å². The van der Waals surface area contributed by atoms with Crippen LogP contribution in [0.15, 0.2) is 48.5 Å². The molecule has 4 rings (SSSR count). The predicted octanol–water partition coefficient (Wildman–Crippen LogP) is 4.32. The Hall–Kier alpha value is -4.44. The fourth-order valence-corrected chi connectivity index (χ4v) is 4.02. The molecule has 0 amide bonds. The largest absolute Gasteiger partial charge is 0.507 e. The third kappa shape index (κ3) is 4.78. The Morgan fingerprint density at radius 1 is 1.11 bits per heavy atom. The third-order valence-electron chi connectivity index (χ3n) is 5.43. The van der Waals surface area contributed by atoms with E-state index in [-0.39, 0.29) is 44.7 Å². The number of aromatic amines is 1. The van der Waals surface area contributed by atoms with Gasteiger partial charge in [0.2, 0.25) is 0 Å². The van der Waals surface area contributed by atoms with Gasteiger partial charge in [0.05, 0.1) is 28.9 Å². The maximum atomic E-state index is 14.1. The first kappa shape index (κ1) is 23.7. The third-order valence-corrected chi connectivity index (χ3v) is 5.65. The summed E-state index contributed by atoms with van der Waals surface area (Å²) >= 11 is 5.99. The quantitative estimate of drug-likeness (QED) is 0.163. The first-order valence-corrected chi connectivity index (χ1v) is 10.5. The second-order valence-electron chi connectivity index (χ2n) is 7.84. The highest BCUT2D eigenvalue weighted by molar-refractivity contribution is 6.30. The van der Waals surface area contributed by atoms with Crippen molar-refractivity contribution in [3.05, 3.63) is 70.5 Å².